The highest BCUT2D eigenvalue weighted by Crippen LogP contribution is 2.23. The fraction of sp³-hybridized carbons (Fsp3) is 0.133. The van der Waals surface area contributed by atoms with Crippen molar-refractivity contribution in [3.8, 4) is 11.3 Å². The molecule has 2 aromatic heterocycles. The second kappa shape index (κ2) is 6.07. The number of nitrogens with zero attached hydrogens (tertiary/aromatic N) is 2. The third kappa shape index (κ3) is 3.20. The van der Waals surface area contributed by atoms with Gasteiger partial charge in [0.15, 0.2) is 10.9 Å². The van der Waals surface area contributed by atoms with Crippen molar-refractivity contribution in [3.63, 3.8) is 0 Å². The average molecular weight is 317 g/mol. The Morgan fingerprint density at radius 3 is 2.95 bits per heavy atom. The number of rotatable bonds is 4. The summed E-state index contributed by atoms with van der Waals surface area (Å²) in [6.07, 6.45) is 0.0383. The highest BCUT2D eigenvalue weighted by atomic mass is 32.1. The van der Waals surface area contributed by atoms with Gasteiger partial charge in [-0.05, 0) is 19.1 Å². The lowest BCUT2D eigenvalue weighted by atomic mass is 10.1. The molecule has 0 aliphatic heterocycles. The highest BCUT2D eigenvalue weighted by Gasteiger charge is 2.14. The van der Waals surface area contributed by atoms with E-state index >= 15 is 0 Å². The maximum Gasteiger partial charge on any atom is 0.232 e. The molecule has 0 fully saturated rings. The highest BCUT2D eigenvalue weighted by molar-refractivity contribution is 7.13. The molecule has 0 spiro atoms. The first-order valence-corrected chi connectivity index (χ1v) is 7.42. The van der Waals surface area contributed by atoms with Gasteiger partial charge in [0.05, 0.1) is 23.4 Å². The van der Waals surface area contributed by atoms with Crippen molar-refractivity contribution < 1.29 is 13.7 Å². The zero-order valence-electron chi connectivity index (χ0n) is 11.7. The van der Waals surface area contributed by atoms with Gasteiger partial charge in [0.25, 0.3) is 0 Å². The molecule has 0 aliphatic rings. The molecule has 5 nitrogen and oxygen atoms in total. The monoisotopic (exact) mass is 317 g/mol. The molecule has 0 unspecified atom stereocenters. The maximum atomic E-state index is 13.7. The molecule has 0 bridgehead atoms. The molecule has 1 aromatic carbocycles. The number of hydrogen-bond donors (Lipinski definition) is 1. The summed E-state index contributed by atoms with van der Waals surface area (Å²) >= 11 is 1.36. The van der Waals surface area contributed by atoms with E-state index in [1.807, 2.05) is 12.3 Å². The number of hydrogen-bond acceptors (Lipinski definition) is 5. The van der Waals surface area contributed by atoms with Crippen LogP contribution in [0.25, 0.3) is 11.3 Å². The summed E-state index contributed by atoms with van der Waals surface area (Å²) in [4.78, 5) is 16.1. The van der Waals surface area contributed by atoms with Gasteiger partial charge in [0, 0.05) is 11.4 Å². The Morgan fingerprint density at radius 1 is 1.41 bits per heavy atom. The first kappa shape index (κ1) is 14.4. The van der Waals surface area contributed by atoms with Crippen molar-refractivity contribution in [2.75, 3.05) is 5.32 Å². The molecule has 0 atom stereocenters. The van der Waals surface area contributed by atoms with E-state index in [0.29, 0.717) is 22.1 Å². The first-order valence-electron chi connectivity index (χ1n) is 6.54. The average Bonchev–Trinajstić information content (AvgIpc) is 3.09. The van der Waals surface area contributed by atoms with E-state index in [1.54, 1.807) is 24.3 Å². The van der Waals surface area contributed by atoms with Crippen molar-refractivity contribution in [2.24, 2.45) is 0 Å². The summed E-state index contributed by atoms with van der Waals surface area (Å²) in [7, 11) is 0. The predicted molar refractivity (Wildman–Crippen MR) is 81.1 cm³/mol. The summed E-state index contributed by atoms with van der Waals surface area (Å²) in [5.41, 5.74) is 1.60. The fourth-order valence-corrected chi connectivity index (χ4v) is 2.63. The first-order chi connectivity index (χ1) is 10.6. The van der Waals surface area contributed by atoms with Crippen LogP contribution in [0, 0.1) is 12.7 Å². The number of halogens is 1. The van der Waals surface area contributed by atoms with Gasteiger partial charge in [0.2, 0.25) is 5.91 Å². The lowest BCUT2D eigenvalue weighted by Gasteiger charge is -1.98. The SMILES string of the molecule is Cc1csc(NC(=O)Cc2cc(-c3ccccc3F)on2)n1. The smallest absolute Gasteiger partial charge is 0.232 e. The fourth-order valence-electron chi connectivity index (χ4n) is 1.92. The van der Waals surface area contributed by atoms with Crippen LogP contribution in [0.15, 0.2) is 40.2 Å². The number of nitrogens with one attached hydrogen (secondary N) is 1. The van der Waals surface area contributed by atoms with Gasteiger partial charge < -0.3 is 9.84 Å². The quantitative estimate of drug-likeness (QED) is 0.800. The van der Waals surface area contributed by atoms with Gasteiger partial charge in [-0.25, -0.2) is 9.37 Å². The molecule has 0 saturated heterocycles. The molecule has 1 amide bonds. The summed E-state index contributed by atoms with van der Waals surface area (Å²) < 4.78 is 18.8. The van der Waals surface area contributed by atoms with E-state index in [4.69, 9.17) is 4.52 Å². The predicted octanol–water partition coefficient (Wildman–Crippen LogP) is 3.43. The lowest BCUT2D eigenvalue weighted by Crippen LogP contribution is -2.14. The number of carbonyl (C=O) groups excluding carboxylic acids is 1. The third-order valence-electron chi connectivity index (χ3n) is 2.91. The second-order valence-corrected chi connectivity index (χ2v) is 5.54. The third-order valence-corrected chi connectivity index (χ3v) is 3.78. The van der Waals surface area contributed by atoms with Crippen molar-refractivity contribution in [3.05, 3.63) is 52.9 Å². The molecular weight excluding hydrogens is 305 g/mol. The van der Waals surface area contributed by atoms with Crippen LogP contribution in [0.2, 0.25) is 0 Å². The zero-order valence-corrected chi connectivity index (χ0v) is 12.5. The Hall–Kier alpha value is -2.54. The molecule has 112 valence electrons. The zero-order chi connectivity index (χ0) is 15.5. The van der Waals surface area contributed by atoms with Gasteiger partial charge in [-0.3, -0.25) is 4.79 Å². The Balaban J connectivity index is 1.69. The normalized spacial score (nSPS) is 10.6. The van der Waals surface area contributed by atoms with Gasteiger partial charge in [0.1, 0.15) is 5.82 Å². The minimum absolute atomic E-state index is 0.0383. The minimum atomic E-state index is -0.395. The number of anilines is 1. The molecule has 0 radical (unpaired) electrons. The van der Waals surface area contributed by atoms with Crippen LogP contribution in [0.1, 0.15) is 11.4 Å². The second-order valence-electron chi connectivity index (χ2n) is 4.68. The molecule has 3 rings (SSSR count). The van der Waals surface area contributed by atoms with Crippen molar-refractivity contribution in [2.45, 2.75) is 13.3 Å². The van der Waals surface area contributed by atoms with Gasteiger partial charge in [-0.2, -0.15) is 0 Å². The standard InChI is InChI=1S/C15H12FN3O2S/c1-9-8-22-15(17-9)18-14(20)7-10-6-13(21-19-10)11-4-2-3-5-12(11)16/h2-6,8H,7H2,1H3,(H,17,18,20). The van der Waals surface area contributed by atoms with E-state index < -0.39 is 5.82 Å². The van der Waals surface area contributed by atoms with Crippen LogP contribution in [-0.2, 0) is 11.2 Å². The minimum Gasteiger partial charge on any atom is -0.356 e. The van der Waals surface area contributed by atoms with Crippen LogP contribution in [0.5, 0.6) is 0 Å². The Morgan fingerprint density at radius 2 is 2.23 bits per heavy atom. The molecular formula is C15H12FN3O2S. The van der Waals surface area contributed by atoms with Crippen LogP contribution in [-0.4, -0.2) is 16.0 Å². The largest absolute Gasteiger partial charge is 0.356 e. The number of thiazole rings is 1. The summed E-state index contributed by atoms with van der Waals surface area (Å²) in [6, 6.07) is 7.80. The molecule has 3 aromatic rings. The van der Waals surface area contributed by atoms with E-state index in [9.17, 15) is 9.18 Å². The maximum absolute atomic E-state index is 13.7. The molecule has 0 aliphatic carbocycles. The van der Waals surface area contributed by atoms with Gasteiger partial charge in [-0.1, -0.05) is 17.3 Å². The van der Waals surface area contributed by atoms with E-state index in [1.165, 1.54) is 17.4 Å². The van der Waals surface area contributed by atoms with Gasteiger partial charge >= 0.3 is 0 Å². The summed E-state index contributed by atoms with van der Waals surface area (Å²) in [5.74, 6) is -0.346. The molecule has 0 saturated carbocycles. The number of aromatic nitrogens is 2. The Kier molecular flexibility index (Phi) is 3.97. The number of carbonyl (C=O) groups is 1. The van der Waals surface area contributed by atoms with Crippen molar-refractivity contribution >= 4 is 22.4 Å². The molecule has 2 heterocycles. The molecule has 1 N–H and O–H groups in total. The van der Waals surface area contributed by atoms with E-state index in [-0.39, 0.29) is 12.3 Å². The molecule has 7 heteroatoms. The van der Waals surface area contributed by atoms with E-state index in [0.717, 1.165) is 5.69 Å². The lowest BCUT2D eigenvalue weighted by molar-refractivity contribution is -0.115. The molecule has 22 heavy (non-hydrogen) atoms. The van der Waals surface area contributed by atoms with Crippen LogP contribution in [0.4, 0.5) is 9.52 Å². The summed E-state index contributed by atoms with van der Waals surface area (Å²) in [6.45, 7) is 1.85. The summed E-state index contributed by atoms with van der Waals surface area (Å²) in [5, 5.41) is 8.88. The van der Waals surface area contributed by atoms with Crippen molar-refractivity contribution in [1.29, 1.82) is 0 Å². The van der Waals surface area contributed by atoms with Crippen LogP contribution in [0.3, 0.4) is 0 Å². The van der Waals surface area contributed by atoms with Crippen LogP contribution >= 0.6 is 11.3 Å². The van der Waals surface area contributed by atoms with Crippen LogP contribution < -0.4 is 5.32 Å². The Bertz CT molecular complexity index is 812. The van der Waals surface area contributed by atoms with E-state index in [2.05, 4.69) is 15.5 Å². The van der Waals surface area contributed by atoms with Crippen molar-refractivity contribution in [1.82, 2.24) is 10.1 Å². The topological polar surface area (TPSA) is 68.0 Å². The number of aryl methyl sites for hydroxylation is 1. The number of benzene rings is 1. The van der Waals surface area contributed by atoms with Gasteiger partial charge in [-0.15, -0.1) is 11.3 Å². The number of amides is 1. The Labute approximate surface area is 129 Å².